The topological polar surface area (TPSA) is 50.4 Å². The fourth-order valence-electron chi connectivity index (χ4n) is 2.09. The van der Waals surface area contributed by atoms with Gasteiger partial charge in [0.25, 0.3) is 0 Å². The zero-order valence-corrected chi connectivity index (χ0v) is 11.6. The van der Waals surface area contributed by atoms with Crippen LogP contribution in [0.15, 0.2) is 11.6 Å². The summed E-state index contributed by atoms with van der Waals surface area (Å²) in [5.41, 5.74) is 1.54. The zero-order valence-electron chi connectivity index (χ0n) is 11.6. The number of hydrogen-bond donors (Lipinski definition) is 2. The SMILES string of the molecule is COCCCNC(=O)C(C)NCCC1=CCCC1. The summed E-state index contributed by atoms with van der Waals surface area (Å²) in [7, 11) is 1.67. The van der Waals surface area contributed by atoms with Crippen molar-refractivity contribution < 1.29 is 9.53 Å². The number of rotatable bonds is 9. The fraction of sp³-hybridized carbons (Fsp3) is 0.786. The number of amides is 1. The number of carbonyl (C=O) groups excluding carboxylic acids is 1. The molecule has 1 aliphatic rings. The molecular weight excluding hydrogens is 228 g/mol. The van der Waals surface area contributed by atoms with Crippen LogP contribution in [0.3, 0.4) is 0 Å². The van der Waals surface area contributed by atoms with E-state index in [0.717, 1.165) is 19.4 Å². The van der Waals surface area contributed by atoms with Gasteiger partial charge in [0.1, 0.15) is 0 Å². The molecule has 1 atom stereocenters. The first kappa shape index (κ1) is 15.2. The molecule has 0 aliphatic heterocycles. The van der Waals surface area contributed by atoms with Crippen molar-refractivity contribution >= 4 is 5.91 Å². The molecule has 0 saturated carbocycles. The Bertz CT molecular complexity index is 277. The third-order valence-corrected chi connectivity index (χ3v) is 3.25. The summed E-state index contributed by atoms with van der Waals surface area (Å²) < 4.78 is 4.93. The van der Waals surface area contributed by atoms with Crippen LogP contribution in [0.4, 0.5) is 0 Å². The lowest BCUT2D eigenvalue weighted by Crippen LogP contribution is -2.43. The first-order valence-corrected chi connectivity index (χ1v) is 6.92. The molecule has 1 rings (SSSR count). The molecule has 18 heavy (non-hydrogen) atoms. The van der Waals surface area contributed by atoms with Gasteiger partial charge in [0.2, 0.25) is 5.91 Å². The van der Waals surface area contributed by atoms with Crippen LogP contribution in [0, 0.1) is 0 Å². The quantitative estimate of drug-likeness (QED) is 0.485. The van der Waals surface area contributed by atoms with Crippen LogP contribution in [-0.4, -0.2) is 38.8 Å². The number of carbonyl (C=O) groups is 1. The van der Waals surface area contributed by atoms with Crippen molar-refractivity contribution in [2.24, 2.45) is 0 Å². The standard InChI is InChI=1S/C14H26N2O2/c1-12(14(17)16-9-5-11-18-2)15-10-8-13-6-3-4-7-13/h6,12,15H,3-5,7-11H2,1-2H3,(H,16,17). The summed E-state index contributed by atoms with van der Waals surface area (Å²) in [5.74, 6) is 0.0755. The molecule has 0 radical (unpaired) electrons. The summed E-state index contributed by atoms with van der Waals surface area (Å²) in [5, 5.41) is 6.17. The van der Waals surface area contributed by atoms with E-state index < -0.39 is 0 Å². The predicted octanol–water partition coefficient (Wildman–Crippen LogP) is 1.62. The Labute approximate surface area is 110 Å². The van der Waals surface area contributed by atoms with Crippen molar-refractivity contribution in [1.82, 2.24) is 10.6 Å². The van der Waals surface area contributed by atoms with Gasteiger partial charge in [-0.2, -0.15) is 0 Å². The van der Waals surface area contributed by atoms with Crippen molar-refractivity contribution in [2.75, 3.05) is 26.8 Å². The Balaban J connectivity index is 2.03. The van der Waals surface area contributed by atoms with Crippen molar-refractivity contribution in [3.05, 3.63) is 11.6 Å². The van der Waals surface area contributed by atoms with Gasteiger partial charge in [-0.3, -0.25) is 4.79 Å². The first-order valence-electron chi connectivity index (χ1n) is 6.92. The van der Waals surface area contributed by atoms with E-state index in [1.165, 1.54) is 24.8 Å². The Morgan fingerprint density at radius 3 is 3.00 bits per heavy atom. The van der Waals surface area contributed by atoms with Crippen molar-refractivity contribution in [3.8, 4) is 0 Å². The molecular formula is C14H26N2O2. The summed E-state index contributed by atoms with van der Waals surface area (Å²) in [6.07, 6.45) is 8.02. The first-order chi connectivity index (χ1) is 8.74. The molecule has 0 aromatic carbocycles. The Morgan fingerprint density at radius 1 is 1.50 bits per heavy atom. The van der Waals surface area contributed by atoms with Crippen LogP contribution < -0.4 is 10.6 Å². The molecule has 1 amide bonds. The molecule has 0 spiro atoms. The van der Waals surface area contributed by atoms with Crippen molar-refractivity contribution in [1.29, 1.82) is 0 Å². The average Bonchev–Trinajstić information content (AvgIpc) is 2.87. The van der Waals surface area contributed by atoms with Gasteiger partial charge in [-0.1, -0.05) is 11.6 Å². The van der Waals surface area contributed by atoms with E-state index >= 15 is 0 Å². The molecule has 2 N–H and O–H groups in total. The number of hydrogen-bond acceptors (Lipinski definition) is 3. The molecule has 1 unspecified atom stereocenters. The number of allylic oxidation sites excluding steroid dienone is 1. The lowest BCUT2D eigenvalue weighted by atomic mass is 10.1. The highest BCUT2D eigenvalue weighted by Crippen LogP contribution is 2.19. The van der Waals surface area contributed by atoms with E-state index in [2.05, 4.69) is 16.7 Å². The molecule has 0 saturated heterocycles. The summed E-state index contributed by atoms with van der Waals surface area (Å²) in [6, 6.07) is -0.116. The summed E-state index contributed by atoms with van der Waals surface area (Å²) in [6.45, 7) is 4.17. The van der Waals surface area contributed by atoms with Crippen LogP contribution in [0.1, 0.15) is 39.0 Å². The molecule has 0 bridgehead atoms. The van der Waals surface area contributed by atoms with Crippen LogP contribution in [0.5, 0.6) is 0 Å². The smallest absolute Gasteiger partial charge is 0.236 e. The Morgan fingerprint density at radius 2 is 2.33 bits per heavy atom. The van der Waals surface area contributed by atoms with E-state index in [1.807, 2.05) is 6.92 Å². The average molecular weight is 254 g/mol. The fourth-order valence-corrected chi connectivity index (χ4v) is 2.09. The molecule has 4 heteroatoms. The maximum Gasteiger partial charge on any atom is 0.236 e. The number of methoxy groups -OCH3 is 1. The van der Waals surface area contributed by atoms with Crippen molar-refractivity contribution in [2.45, 2.75) is 45.1 Å². The van der Waals surface area contributed by atoms with Gasteiger partial charge in [0.05, 0.1) is 6.04 Å². The number of ether oxygens (including phenoxy) is 1. The van der Waals surface area contributed by atoms with Gasteiger partial charge in [0.15, 0.2) is 0 Å². The minimum Gasteiger partial charge on any atom is -0.385 e. The summed E-state index contributed by atoms with van der Waals surface area (Å²) in [4.78, 5) is 11.7. The molecule has 1 aliphatic carbocycles. The Hall–Kier alpha value is -0.870. The van der Waals surface area contributed by atoms with Gasteiger partial charge >= 0.3 is 0 Å². The highest BCUT2D eigenvalue weighted by Gasteiger charge is 2.11. The minimum atomic E-state index is -0.116. The highest BCUT2D eigenvalue weighted by molar-refractivity contribution is 5.81. The largest absolute Gasteiger partial charge is 0.385 e. The molecule has 4 nitrogen and oxygen atoms in total. The zero-order chi connectivity index (χ0) is 13.2. The minimum absolute atomic E-state index is 0.0755. The normalized spacial score (nSPS) is 16.4. The number of nitrogens with one attached hydrogen (secondary N) is 2. The van der Waals surface area contributed by atoms with Crippen LogP contribution >= 0.6 is 0 Å². The van der Waals surface area contributed by atoms with Gasteiger partial charge in [-0.05, 0) is 45.6 Å². The lowest BCUT2D eigenvalue weighted by molar-refractivity contribution is -0.122. The Kier molecular flexibility index (Phi) is 7.69. The third-order valence-electron chi connectivity index (χ3n) is 3.25. The van der Waals surface area contributed by atoms with Crippen LogP contribution in [0.25, 0.3) is 0 Å². The molecule has 0 aromatic rings. The van der Waals surface area contributed by atoms with E-state index in [0.29, 0.717) is 13.2 Å². The van der Waals surface area contributed by atoms with Crippen molar-refractivity contribution in [3.63, 3.8) is 0 Å². The van der Waals surface area contributed by atoms with E-state index in [4.69, 9.17) is 4.74 Å². The van der Waals surface area contributed by atoms with E-state index in [-0.39, 0.29) is 11.9 Å². The second-order valence-electron chi connectivity index (χ2n) is 4.82. The van der Waals surface area contributed by atoms with E-state index in [1.54, 1.807) is 7.11 Å². The van der Waals surface area contributed by atoms with E-state index in [9.17, 15) is 4.79 Å². The van der Waals surface area contributed by atoms with Gasteiger partial charge in [-0.15, -0.1) is 0 Å². The van der Waals surface area contributed by atoms with Crippen LogP contribution in [0.2, 0.25) is 0 Å². The maximum absolute atomic E-state index is 11.7. The monoisotopic (exact) mass is 254 g/mol. The summed E-state index contributed by atoms with van der Waals surface area (Å²) >= 11 is 0. The predicted molar refractivity (Wildman–Crippen MR) is 73.5 cm³/mol. The second kappa shape index (κ2) is 9.11. The molecule has 0 heterocycles. The second-order valence-corrected chi connectivity index (χ2v) is 4.82. The molecule has 0 aromatic heterocycles. The third kappa shape index (κ3) is 6.17. The lowest BCUT2D eigenvalue weighted by Gasteiger charge is -2.14. The molecule has 0 fully saturated rings. The van der Waals surface area contributed by atoms with Gasteiger partial charge in [0, 0.05) is 20.3 Å². The van der Waals surface area contributed by atoms with Gasteiger partial charge in [-0.25, -0.2) is 0 Å². The molecule has 104 valence electrons. The van der Waals surface area contributed by atoms with Gasteiger partial charge < -0.3 is 15.4 Å². The van der Waals surface area contributed by atoms with Crippen LogP contribution in [-0.2, 0) is 9.53 Å². The highest BCUT2D eigenvalue weighted by atomic mass is 16.5. The maximum atomic E-state index is 11.7.